The number of aromatic nitrogens is 1. The first-order valence-electron chi connectivity index (χ1n) is 16.0. The van der Waals surface area contributed by atoms with Gasteiger partial charge in [0, 0.05) is 41.3 Å². The molecule has 4 aliphatic rings. The van der Waals surface area contributed by atoms with Gasteiger partial charge in [-0.15, -0.1) is 0 Å². The Morgan fingerprint density at radius 2 is 1.68 bits per heavy atom. The lowest BCUT2D eigenvalue weighted by Crippen LogP contribution is -2.63. The summed E-state index contributed by atoms with van der Waals surface area (Å²) in [6.07, 6.45) is 5.33. The Bertz CT molecular complexity index is 1520. The fourth-order valence-corrected chi connectivity index (χ4v) is 7.35. The van der Waals surface area contributed by atoms with E-state index in [-0.39, 0.29) is 47.8 Å². The quantitative estimate of drug-likeness (QED) is 0.236. The fraction of sp³-hybridized carbons (Fsp3) is 0.606. The van der Waals surface area contributed by atoms with Crippen LogP contribution in [0.2, 0.25) is 0 Å². The monoisotopic (exact) mass is 611 g/mol. The van der Waals surface area contributed by atoms with Crippen molar-refractivity contribution in [2.75, 3.05) is 19.8 Å². The summed E-state index contributed by atoms with van der Waals surface area (Å²) in [5.74, 6) is -4.08. The number of aliphatic hydroxyl groups is 2. The number of benzene rings is 1. The first-order valence-corrected chi connectivity index (χ1v) is 16.0. The molecule has 238 valence electrons. The van der Waals surface area contributed by atoms with Crippen molar-refractivity contribution >= 4 is 17.3 Å². The third kappa shape index (κ3) is 4.58. The molecule has 1 saturated carbocycles. The van der Waals surface area contributed by atoms with Gasteiger partial charge < -0.3 is 29.9 Å². The number of Topliss-reactive ketones (excluding diaryl/α,β-unsaturated/α-hetero) is 2. The van der Waals surface area contributed by atoms with Gasteiger partial charge in [-0.05, 0) is 49.7 Å². The van der Waals surface area contributed by atoms with Crippen LogP contribution in [0.4, 0.5) is 4.39 Å². The molecule has 1 aromatic heterocycles. The number of hydrogen-bond donors (Lipinski definition) is 3. The molecular weight excluding hydrogens is 569 g/mol. The van der Waals surface area contributed by atoms with Crippen molar-refractivity contribution in [2.24, 2.45) is 17.6 Å². The third-order valence-electron chi connectivity index (χ3n) is 9.78. The minimum absolute atomic E-state index is 0.0552. The maximum atomic E-state index is 16.4. The normalized spacial score (nSPS) is 25.8. The van der Waals surface area contributed by atoms with E-state index in [0.717, 1.165) is 38.6 Å². The maximum absolute atomic E-state index is 16.4. The Morgan fingerprint density at radius 1 is 1.00 bits per heavy atom. The highest BCUT2D eigenvalue weighted by Gasteiger charge is 2.64. The summed E-state index contributed by atoms with van der Waals surface area (Å²) in [6, 6.07) is -1.04. The predicted molar refractivity (Wildman–Crippen MR) is 159 cm³/mol. The SMILES string of the molecule is CCCCOc1noc2c1C(=O)[C@@]1(O)C(=O)C3=C(O)c4c(c(F)c5c(c4OCCCC)CN(CCCC)C5)C[C@H]3C[C@H]1[C@@H]2N. The number of carbonyl (C=O) groups excluding carboxylic acids is 2. The molecule has 0 bridgehead atoms. The van der Waals surface area contributed by atoms with Crippen LogP contribution < -0.4 is 15.2 Å². The molecule has 2 heterocycles. The highest BCUT2D eigenvalue weighted by Crippen LogP contribution is 2.55. The second-order valence-electron chi connectivity index (χ2n) is 12.6. The van der Waals surface area contributed by atoms with Crippen LogP contribution in [0.5, 0.6) is 11.6 Å². The number of rotatable bonds is 11. The molecule has 1 fully saturated rings. The Morgan fingerprint density at radius 3 is 2.39 bits per heavy atom. The van der Waals surface area contributed by atoms with E-state index in [1.807, 2.05) is 13.8 Å². The summed E-state index contributed by atoms with van der Waals surface area (Å²) < 4.78 is 33.7. The Kier molecular flexibility index (Phi) is 8.32. The number of fused-ring (bicyclic) bond motifs is 5. The molecule has 11 heteroatoms. The zero-order chi connectivity index (χ0) is 31.3. The van der Waals surface area contributed by atoms with Crippen LogP contribution in [0.15, 0.2) is 10.1 Å². The van der Waals surface area contributed by atoms with E-state index in [1.165, 1.54) is 0 Å². The smallest absolute Gasteiger partial charge is 0.265 e. The number of halogens is 1. The molecule has 2 aromatic rings. The molecule has 44 heavy (non-hydrogen) atoms. The van der Waals surface area contributed by atoms with E-state index in [9.17, 15) is 19.8 Å². The largest absolute Gasteiger partial charge is 0.507 e. The van der Waals surface area contributed by atoms with Gasteiger partial charge in [0.2, 0.25) is 11.6 Å². The number of nitrogens with zero attached hydrogens (tertiary/aromatic N) is 2. The van der Waals surface area contributed by atoms with Crippen LogP contribution in [0, 0.1) is 17.7 Å². The minimum Gasteiger partial charge on any atom is -0.507 e. The van der Waals surface area contributed by atoms with Gasteiger partial charge in [-0.3, -0.25) is 14.5 Å². The summed E-state index contributed by atoms with van der Waals surface area (Å²) in [6.45, 7) is 8.48. The van der Waals surface area contributed by atoms with Crippen LogP contribution in [-0.4, -0.2) is 57.2 Å². The average Bonchev–Trinajstić information content (AvgIpc) is 3.63. The van der Waals surface area contributed by atoms with Gasteiger partial charge >= 0.3 is 0 Å². The number of nitrogens with two attached hydrogens (primary N) is 1. The summed E-state index contributed by atoms with van der Waals surface area (Å²) in [4.78, 5) is 30.4. The van der Waals surface area contributed by atoms with E-state index in [0.29, 0.717) is 48.6 Å². The van der Waals surface area contributed by atoms with Crippen molar-refractivity contribution in [3.63, 3.8) is 0 Å². The van der Waals surface area contributed by atoms with Crippen LogP contribution in [0.25, 0.3) is 5.76 Å². The van der Waals surface area contributed by atoms with E-state index >= 15 is 4.39 Å². The lowest BCUT2D eigenvalue weighted by molar-refractivity contribution is -0.140. The van der Waals surface area contributed by atoms with Gasteiger partial charge in [-0.2, -0.15) is 0 Å². The standard InChI is InChI=1S/C33H42FN3O7/c1-4-7-10-37-15-19-20(16-37)28(42-11-8-5-2)23-18(25(19)34)13-17-14-21-26(35)29-24(32(36-44-29)43-12-9-6-3)31(40)33(21,41)30(39)22(17)27(23)38/h17,21,26,38,41H,4-16,35H2,1-3H3/t17-,21-,26-,33-/m0/s1. The van der Waals surface area contributed by atoms with Gasteiger partial charge in [-0.1, -0.05) is 40.0 Å². The lowest BCUT2D eigenvalue weighted by atomic mass is 9.57. The number of aliphatic hydroxyl groups excluding tert-OH is 1. The van der Waals surface area contributed by atoms with Crippen molar-refractivity contribution in [1.29, 1.82) is 0 Å². The van der Waals surface area contributed by atoms with Gasteiger partial charge in [-0.25, -0.2) is 4.39 Å². The van der Waals surface area contributed by atoms with E-state index < -0.39 is 46.6 Å². The Balaban J connectivity index is 1.44. The summed E-state index contributed by atoms with van der Waals surface area (Å²) >= 11 is 0. The van der Waals surface area contributed by atoms with Crippen molar-refractivity contribution in [3.8, 4) is 11.6 Å². The molecule has 0 saturated heterocycles. The molecule has 1 aromatic carbocycles. The molecule has 0 unspecified atom stereocenters. The molecule has 6 rings (SSSR count). The molecule has 3 aliphatic carbocycles. The second-order valence-corrected chi connectivity index (χ2v) is 12.6. The molecule has 4 N–H and O–H groups in total. The number of unbranched alkanes of at least 4 members (excludes halogenated alkanes) is 3. The Labute approximate surface area is 256 Å². The predicted octanol–water partition coefficient (Wildman–Crippen LogP) is 4.95. The molecule has 4 atom stereocenters. The van der Waals surface area contributed by atoms with Crippen molar-refractivity contribution in [1.82, 2.24) is 10.1 Å². The van der Waals surface area contributed by atoms with E-state index in [1.54, 1.807) is 0 Å². The zero-order valence-electron chi connectivity index (χ0n) is 25.7. The summed E-state index contributed by atoms with van der Waals surface area (Å²) in [5.41, 5.74) is 5.44. The Hall–Kier alpha value is -3.28. The number of ether oxygens (including phenoxy) is 2. The maximum Gasteiger partial charge on any atom is 0.265 e. The summed E-state index contributed by atoms with van der Waals surface area (Å²) in [5, 5.41) is 27.7. The van der Waals surface area contributed by atoms with Crippen LogP contribution >= 0.6 is 0 Å². The van der Waals surface area contributed by atoms with Crippen LogP contribution in [0.3, 0.4) is 0 Å². The first-order chi connectivity index (χ1) is 21.2. The summed E-state index contributed by atoms with van der Waals surface area (Å²) in [7, 11) is 0. The van der Waals surface area contributed by atoms with Gasteiger partial charge in [0.25, 0.3) is 5.88 Å². The molecule has 1 aliphatic heterocycles. The third-order valence-corrected chi connectivity index (χ3v) is 9.78. The highest BCUT2D eigenvalue weighted by atomic mass is 19.1. The molecule has 10 nitrogen and oxygen atoms in total. The number of hydrogen-bond acceptors (Lipinski definition) is 10. The second kappa shape index (κ2) is 11.9. The van der Waals surface area contributed by atoms with Crippen LogP contribution in [-0.2, 0) is 24.3 Å². The van der Waals surface area contributed by atoms with Crippen LogP contribution in [0.1, 0.15) is 110 Å². The highest BCUT2D eigenvalue weighted by molar-refractivity contribution is 6.26. The van der Waals surface area contributed by atoms with Gasteiger partial charge in [0.1, 0.15) is 22.9 Å². The molecule has 0 amide bonds. The van der Waals surface area contributed by atoms with Crippen molar-refractivity contribution in [2.45, 2.75) is 96.9 Å². The molecular formula is C33H42FN3O7. The van der Waals surface area contributed by atoms with E-state index in [4.69, 9.17) is 19.7 Å². The first kappa shape index (κ1) is 30.7. The van der Waals surface area contributed by atoms with Gasteiger partial charge in [0.05, 0.1) is 24.8 Å². The molecule has 0 radical (unpaired) electrons. The fourth-order valence-electron chi connectivity index (χ4n) is 7.35. The number of carbonyl (C=O) groups is 2. The van der Waals surface area contributed by atoms with Crippen molar-refractivity contribution < 1.29 is 38.2 Å². The van der Waals surface area contributed by atoms with Gasteiger partial charge in [0.15, 0.2) is 11.4 Å². The molecule has 0 spiro atoms. The number of ketones is 2. The lowest BCUT2D eigenvalue weighted by Gasteiger charge is -2.47. The topological polar surface area (TPSA) is 148 Å². The average molecular weight is 612 g/mol. The van der Waals surface area contributed by atoms with Crippen molar-refractivity contribution in [3.05, 3.63) is 45.0 Å². The minimum atomic E-state index is -2.56. The zero-order valence-corrected chi connectivity index (χ0v) is 25.7. The van der Waals surface area contributed by atoms with E-state index in [2.05, 4.69) is 17.0 Å².